The van der Waals surface area contributed by atoms with Crippen LogP contribution in [0.1, 0.15) is 26.2 Å². The maximum absolute atomic E-state index is 13.0. The Balaban J connectivity index is 1.91. The molecule has 0 aromatic heterocycles. The Morgan fingerprint density at radius 1 is 1.19 bits per heavy atom. The van der Waals surface area contributed by atoms with E-state index in [0.29, 0.717) is 17.6 Å². The van der Waals surface area contributed by atoms with Crippen LogP contribution in [0.2, 0.25) is 0 Å². The number of allylic oxidation sites excluding steroid dienone is 1. The number of rotatable bonds is 5. The topological polar surface area (TPSA) is 98.8 Å². The van der Waals surface area contributed by atoms with Crippen molar-refractivity contribution in [3.05, 3.63) is 35.6 Å². The number of carbonyl (C=O) groups excluding carboxylic acids is 4. The third-order valence-corrected chi connectivity index (χ3v) is 5.11. The van der Waals surface area contributed by atoms with Crippen molar-refractivity contribution < 1.29 is 19.2 Å². The fraction of sp³-hybridized carbons (Fsp3) is 0.474. The molecule has 8 heteroatoms. The predicted octanol–water partition coefficient (Wildman–Crippen LogP) is -0.158. The van der Waals surface area contributed by atoms with Crippen LogP contribution in [0.4, 0.5) is 0 Å². The smallest absolute Gasteiger partial charge is 0.262 e. The lowest BCUT2D eigenvalue weighted by atomic mass is 10.0. The highest BCUT2D eigenvalue weighted by Crippen LogP contribution is 2.29. The van der Waals surface area contributed by atoms with Crippen LogP contribution < -0.4 is 10.6 Å². The van der Waals surface area contributed by atoms with Crippen LogP contribution >= 0.6 is 0 Å². The Hall–Kier alpha value is -2.74. The van der Waals surface area contributed by atoms with Gasteiger partial charge in [-0.3, -0.25) is 29.4 Å². The molecule has 3 aliphatic heterocycles. The second kappa shape index (κ2) is 7.87. The molecule has 1 atom stereocenters. The standard InChI is InChI=1S/C19H24N4O4/c1-3-12(22-9-7-20-8-10-22)11-14-13(4-2)18(26)23(19(14)27)15-5-6-16(24)21-17(15)25/h3,11,15,20H,1,4-10H2,2H3,(H,21,24,25)/b12-11+. The van der Waals surface area contributed by atoms with Crippen LogP contribution in [0, 0.1) is 0 Å². The molecule has 27 heavy (non-hydrogen) atoms. The molecule has 3 aliphatic rings. The van der Waals surface area contributed by atoms with Crippen molar-refractivity contribution in [1.82, 2.24) is 20.4 Å². The van der Waals surface area contributed by atoms with Crippen LogP contribution in [0.3, 0.4) is 0 Å². The quantitative estimate of drug-likeness (QED) is 0.514. The number of imide groups is 2. The molecule has 2 saturated heterocycles. The first-order valence-electron chi connectivity index (χ1n) is 9.22. The molecule has 4 amide bonds. The van der Waals surface area contributed by atoms with Crippen LogP contribution in [0.25, 0.3) is 0 Å². The average Bonchev–Trinajstić information content (AvgIpc) is 2.90. The zero-order valence-electron chi connectivity index (χ0n) is 15.4. The molecular weight excluding hydrogens is 348 g/mol. The Morgan fingerprint density at radius 2 is 1.89 bits per heavy atom. The summed E-state index contributed by atoms with van der Waals surface area (Å²) in [7, 11) is 0. The highest BCUT2D eigenvalue weighted by Gasteiger charge is 2.44. The molecule has 1 unspecified atom stereocenters. The van der Waals surface area contributed by atoms with Gasteiger partial charge in [0.1, 0.15) is 6.04 Å². The van der Waals surface area contributed by atoms with E-state index < -0.39 is 23.8 Å². The van der Waals surface area contributed by atoms with Gasteiger partial charge in [-0.15, -0.1) is 0 Å². The van der Waals surface area contributed by atoms with Gasteiger partial charge in [0.05, 0.1) is 5.57 Å². The summed E-state index contributed by atoms with van der Waals surface area (Å²) >= 11 is 0. The molecule has 0 saturated carbocycles. The van der Waals surface area contributed by atoms with Crippen LogP contribution in [0.15, 0.2) is 35.6 Å². The largest absolute Gasteiger partial charge is 0.369 e. The van der Waals surface area contributed by atoms with E-state index in [2.05, 4.69) is 22.1 Å². The highest BCUT2D eigenvalue weighted by atomic mass is 16.2. The van der Waals surface area contributed by atoms with Gasteiger partial charge in [-0.2, -0.15) is 0 Å². The summed E-state index contributed by atoms with van der Waals surface area (Å²) in [6.07, 6.45) is 4.02. The van der Waals surface area contributed by atoms with Gasteiger partial charge in [0.15, 0.2) is 0 Å². The summed E-state index contributed by atoms with van der Waals surface area (Å²) in [4.78, 5) is 52.5. The molecule has 0 spiro atoms. The SMILES string of the molecule is C=C/C(=C\C1=C(CC)C(=O)N(C2CCC(=O)NC2=O)C1=O)N1CCNCC1. The van der Waals surface area contributed by atoms with Crippen molar-refractivity contribution >= 4 is 23.6 Å². The maximum Gasteiger partial charge on any atom is 0.262 e. The zero-order chi connectivity index (χ0) is 19.6. The van der Waals surface area contributed by atoms with E-state index in [0.717, 1.165) is 36.8 Å². The molecule has 0 aliphatic carbocycles. The summed E-state index contributed by atoms with van der Waals surface area (Å²) in [5.74, 6) is -1.92. The van der Waals surface area contributed by atoms with Crippen LogP contribution in [0.5, 0.6) is 0 Å². The van der Waals surface area contributed by atoms with Gasteiger partial charge in [0, 0.05) is 43.9 Å². The van der Waals surface area contributed by atoms with Crippen molar-refractivity contribution in [2.45, 2.75) is 32.2 Å². The average molecular weight is 372 g/mol. The van der Waals surface area contributed by atoms with Gasteiger partial charge < -0.3 is 10.2 Å². The van der Waals surface area contributed by atoms with Crippen LogP contribution in [-0.4, -0.2) is 65.6 Å². The molecule has 0 radical (unpaired) electrons. The van der Waals surface area contributed by atoms with Crippen molar-refractivity contribution in [3.63, 3.8) is 0 Å². The van der Waals surface area contributed by atoms with E-state index in [1.807, 2.05) is 0 Å². The van der Waals surface area contributed by atoms with E-state index in [9.17, 15) is 19.2 Å². The summed E-state index contributed by atoms with van der Waals surface area (Å²) in [6.45, 7) is 8.88. The lowest BCUT2D eigenvalue weighted by molar-refractivity contribution is -0.150. The van der Waals surface area contributed by atoms with Gasteiger partial charge in [-0.1, -0.05) is 13.5 Å². The first-order chi connectivity index (χ1) is 13.0. The normalized spacial score (nSPS) is 24.6. The number of nitrogens with one attached hydrogen (secondary N) is 2. The first-order valence-corrected chi connectivity index (χ1v) is 9.22. The minimum absolute atomic E-state index is 0.110. The van der Waals surface area contributed by atoms with Gasteiger partial charge in [-0.05, 0) is 25.0 Å². The zero-order valence-corrected chi connectivity index (χ0v) is 15.4. The number of piperazine rings is 1. The third kappa shape index (κ3) is 3.57. The van der Waals surface area contributed by atoms with Gasteiger partial charge in [-0.25, -0.2) is 0 Å². The minimum Gasteiger partial charge on any atom is -0.369 e. The highest BCUT2D eigenvalue weighted by molar-refractivity contribution is 6.22. The first kappa shape index (κ1) is 19.0. The lowest BCUT2D eigenvalue weighted by Crippen LogP contribution is -2.54. The summed E-state index contributed by atoms with van der Waals surface area (Å²) in [5, 5.41) is 5.47. The number of hydrogen-bond acceptors (Lipinski definition) is 6. The minimum atomic E-state index is -0.943. The number of carbonyl (C=O) groups is 4. The summed E-state index contributed by atoms with van der Waals surface area (Å²) in [5.41, 5.74) is 1.48. The Kier molecular flexibility index (Phi) is 5.55. The predicted molar refractivity (Wildman–Crippen MR) is 98.1 cm³/mol. The van der Waals surface area contributed by atoms with E-state index >= 15 is 0 Å². The molecule has 3 rings (SSSR count). The fourth-order valence-electron chi connectivity index (χ4n) is 3.66. The van der Waals surface area contributed by atoms with Crippen molar-refractivity contribution in [2.75, 3.05) is 26.2 Å². The monoisotopic (exact) mass is 372 g/mol. The van der Waals surface area contributed by atoms with Crippen LogP contribution in [-0.2, 0) is 19.2 Å². The third-order valence-electron chi connectivity index (χ3n) is 5.11. The lowest BCUT2D eigenvalue weighted by Gasteiger charge is -2.30. The summed E-state index contributed by atoms with van der Waals surface area (Å²) < 4.78 is 0. The van der Waals surface area contributed by atoms with E-state index in [1.54, 1.807) is 19.1 Å². The fourth-order valence-corrected chi connectivity index (χ4v) is 3.66. The molecule has 0 bridgehead atoms. The molecule has 0 aromatic rings. The van der Waals surface area contributed by atoms with Gasteiger partial charge in [0.25, 0.3) is 11.8 Å². The van der Waals surface area contributed by atoms with E-state index in [1.165, 1.54) is 0 Å². The Bertz CT molecular complexity index is 762. The second-order valence-electron chi connectivity index (χ2n) is 6.70. The van der Waals surface area contributed by atoms with Gasteiger partial charge >= 0.3 is 0 Å². The number of nitrogens with zero attached hydrogens (tertiary/aromatic N) is 2. The molecule has 2 N–H and O–H groups in total. The van der Waals surface area contributed by atoms with Gasteiger partial charge in [0.2, 0.25) is 11.8 Å². The summed E-state index contributed by atoms with van der Waals surface area (Å²) in [6, 6.07) is -0.943. The molecule has 8 nitrogen and oxygen atoms in total. The number of piperidine rings is 1. The molecule has 144 valence electrons. The van der Waals surface area contributed by atoms with E-state index in [-0.39, 0.29) is 18.7 Å². The van der Waals surface area contributed by atoms with Crippen molar-refractivity contribution in [3.8, 4) is 0 Å². The van der Waals surface area contributed by atoms with E-state index in [4.69, 9.17) is 0 Å². The second-order valence-corrected chi connectivity index (χ2v) is 6.70. The van der Waals surface area contributed by atoms with Crippen molar-refractivity contribution in [1.29, 1.82) is 0 Å². The number of hydrogen-bond donors (Lipinski definition) is 2. The molecule has 0 aromatic carbocycles. The maximum atomic E-state index is 13.0. The molecule has 3 heterocycles. The van der Waals surface area contributed by atoms with Crippen molar-refractivity contribution in [2.24, 2.45) is 0 Å². The molecule has 2 fully saturated rings. The molecular formula is C19H24N4O4. The number of amides is 4. The Labute approximate surface area is 157 Å². The Morgan fingerprint density at radius 3 is 2.48 bits per heavy atom.